The van der Waals surface area contributed by atoms with Gasteiger partial charge in [0.1, 0.15) is 0 Å². The SMILES string of the molecule is CC[N+](C)(CC)C1CCC(N=C=NC2CCCCC2)CC1.O=S(=O)([O-])Cc1ccccc1. The summed E-state index contributed by atoms with van der Waals surface area (Å²) in [5, 5.41) is 0. The van der Waals surface area contributed by atoms with E-state index in [0.29, 0.717) is 17.6 Å². The van der Waals surface area contributed by atoms with Gasteiger partial charge in [-0.3, -0.25) is 0 Å². The van der Waals surface area contributed by atoms with Crippen LogP contribution in [0.3, 0.4) is 0 Å². The largest absolute Gasteiger partial charge is 0.748 e. The Kier molecular flexibility index (Phi) is 11.1. The van der Waals surface area contributed by atoms with Crippen molar-refractivity contribution in [1.29, 1.82) is 0 Å². The molecule has 0 unspecified atom stereocenters. The van der Waals surface area contributed by atoms with Crippen LogP contribution in [0.4, 0.5) is 0 Å². The van der Waals surface area contributed by atoms with E-state index in [2.05, 4.69) is 36.9 Å². The van der Waals surface area contributed by atoms with Crippen LogP contribution in [0, 0.1) is 0 Å². The molecule has 1 aromatic rings. The third-order valence-corrected chi connectivity index (χ3v) is 7.92. The minimum absolute atomic E-state index is 0.423. The van der Waals surface area contributed by atoms with Gasteiger partial charge < -0.3 is 9.04 Å². The van der Waals surface area contributed by atoms with Gasteiger partial charge in [-0.25, -0.2) is 18.4 Å². The number of hydrogen-bond donors (Lipinski definition) is 0. The summed E-state index contributed by atoms with van der Waals surface area (Å²) in [4.78, 5) is 9.18. The first-order valence-corrected chi connectivity index (χ1v) is 13.8. The molecule has 0 N–H and O–H groups in total. The first-order chi connectivity index (χ1) is 15.3. The van der Waals surface area contributed by atoms with Crippen molar-refractivity contribution in [3.05, 3.63) is 35.9 Å². The normalized spacial score (nSPS) is 22.2. The molecular formula is C25H41N3O3S. The monoisotopic (exact) mass is 463 g/mol. The molecule has 2 saturated carbocycles. The average Bonchev–Trinajstić information content (AvgIpc) is 2.80. The number of benzene rings is 1. The Bertz CT molecular complexity index is 817. The molecule has 7 heteroatoms. The zero-order chi connectivity index (χ0) is 23.5. The Labute approximate surface area is 195 Å². The van der Waals surface area contributed by atoms with Crippen molar-refractivity contribution >= 4 is 16.1 Å². The molecule has 0 bridgehead atoms. The number of aliphatic imine (C=N–C) groups is 2. The summed E-state index contributed by atoms with van der Waals surface area (Å²) in [6.45, 7) is 7.14. The third kappa shape index (κ3) is 9.53. The molecule has 3 rings (SSSR count). The summed E-state index contributed by atoms with van der Waals surface area (Å²) in [6.07, 6.45) is 11.7. The minimum Gasteiger partial charge on any atom is -0.748 e. The van der Waals surface area contributed by atoms with E-state index in [9.17, 15) is 13.0 Å². The fourth-order valence-electron chi connectivity index (χ4n) is 4.74. The topological polar surface area (TPSA) is 81.9 Å². The molecule has 0 spiro atoms. The van der Waals surface area contributed by atoms with E-state index in [-0.39, 0.29) is 0 Å². The first-order valence-electron chi connectivity index (χ1n) is 12.2. The van der Waals surface area contributed by atoms with Crippen molar-refractivity contribution in [3.63, 3.8) is 0 Å². The summed E-state index contributed by atoms with van der Waals surface area (Å²) < 4.78 is 32.0. The maximum absolute atomic E-state index is 10.2. The average molecular weight is 464 g/mol. The van der Waals surface area contributed by atoms with E-state index in [0.717, 1.165) is 6.04 Å². The van der Waals surface area contributed by atoms with Crippen LogP contribution in [-0.4, -0.2) is 61.7 Å². The molecule has 1 aromatic carbocycles. The molecule has 180 valence electrons. The summed E-state index contributed by atoms with van der Waals surface area (Å²) >= 11 is 0. The third-order valence-electron chi connectivity index (χ3n) is 7.23. The predicted molar refractivity (Wildman–Crippen MR) is 130 cm³/mol. The highest BCUT2D eigenvalue weighted by Crippen LogP contribution is 2.28. The van der Waals surface area contributed by atoms with Crippen LogP contribution in [0.5, 0.6) is 0 Å². The molecule has 0 aromatic heterocycles. The highest BCUT2D eigenvalue weighted by Gasteiger charge is 2.33. The maximum atomic E-state index is 10.2. The van der Waals surface area contributed by atoms with Gasteiger partial charge in [0.2, 0.25) is 0 Å². The molecule has 2 aliphatic rings. The predicted octanol–water partition coefficient (Wildman–Crippen LogP) is 5.02. The minimum atomic E-state index is -4.13. The number of rotatable bonds is 7. The van der Waals surface area contributed by atoms with Crippen molar-refractivity contribution in [2.45, 2.75) is 95.5 Å². The van der Waals surface area contributed by atoms with Crippen molar-refractivity contribution in [2.24, 2.45) is 9.98 Å². The van der Waals surface area contributed by atoms with Crippen LogP contribution in [0.1, 0.15) is 77.2 Å². The van der Waals surface area contributed by atoms with Crippen LogP contribution in [0.25, 0.3) is 0 Å². The molecule has 0 radical (unpaired) electrons. The van der Waals surface area contributed by atoms with Gasteiger partial charge in [-0.2, -0.15) is 0 Å². The molecule has 2 fully saturated rings. The maximum Gasteiger partial charge on any atom is 0.0988 e. The van der Waals surface area contributed by atoms with Gasteiger partial charge in [0.25, 0.3) is 0 Å². The zero-order valence-electron chi connectivity index (χ0n) is 20.1. The van der Waals surface area contributed by atoms with Crippen molar-refractivity contribution < 1.29 is 17.5 Å². The fraction of sp³-hybridized carbons (Fsp3) is 0.720. The quantitative estimate of drug-likeness (QED) is 0.323. The lowest BCUT2D eigenvalue weighted by molar-refractivity contribution is -0.931. The highest BCUT2D eigenvalue weighted by atomic mass is 32.2. The molecule has 0 saturated heterocycles. The zero-order valence-corrected chi connectivity index (χ0v) is 20.9. The number of nitrogens with zero attached hydrogens (tertiary/aromatic N) is 3. The van der Waals surface area contributed by atoms with Crippen LogP contribution in [0.15, 0.2) is 40.3 Å². The van der Waals surface area contributed by atoms with Gasteiger partial charge >= 0.3 is 0 Å². The fourth-order valence-corrected chi connectivity index (χ4v) is 5.34. The molecule has 32 heavy (non-hydrogen) atoms. The molecule has 0 atom stereocenters. The molecule has 2 aliphatic carbocycles. The lowest BCUT2D eigenvalue weighted by Crippen LogP contribution is -2.53. The van der Waals surface area contributed by atoms with Gasteiger partial charge in [0, 0.05) is 12.8 Å². The van der Waals surface area contributed by atoms with Crippen molar-refractivity contribution in [1.82, 2.24) is 0 Å². The Morgan fingerprint density at radius 2 is 1.44 bits per heavy atom. The van der Waals surface area contributed by atoms with E-state index < -0.39 is 15.9 Å². The molecular weight excluding hydrogens is 422 g/mol. The van der Waals surface area contributed by atoms with Gasteiger partial charge in [0.05, 0.1) is 60.1 Å². The Hall–Kier alpha value is -1.53. The lowest BCUT2D eigenvalue weighted by atomic mass is 9.89. The second-order valence-electron chi connectivity index (χ2n) is 9.41. The van der Waals surface area contributed by atoms with E-state index in [4.69, 9.17) is 0 Å². The summed E-state index contributed by atoms with van der Waals surface area (Å²) in [6, 6.07) is 13.2. The Morgan fingerprint density at radius 1 is 0.906 bits per heavy atom. The van der Waals surface area contributed by atoms with Gasteiger partial charge in [-0.15, -0.1) is 0 Å². The lowest BCUT2D eigenvalue weighted by Gasteiger charge is -2.42. The standard InChI is InChI=1S/C18H34N3.C7H8O3S/c1-4-21(3,5-2)18-13-11-17(12-14-18)20-15-19-16-9-7-6-8-10-16;8-11(9,10)6-7-4-2-1-3-5-7/h16-18H,4-14H2,1-3H3;1-5H,6H2,(H,8,9,10)/q+1;/p-1. The first kappa shape index (κ1) is 26.7. The second kappa shape index (κ2) is 13.2. The molecule has 0 heterocycles. The molecule has 6 nitrogen and oxygen atoms in total. The number of hydrogen-bond acceptors (Lipinski definition) is 5. The number of quaternary nitrogens is 1. The Morgan fingerprint density at radius 3 is 1.94 bits per heavy atom. The van der Waals surface area contributed by atoms with Gasteiger partial charge in [-0.1, -0.05) is 49.6 Å². The van der Waals surface area contributed by atoms with Crippen LogP contribution in [-0.2, 0) is 15.9 Å². The Balaban J connectivity index is 0.000000278. The smallest absolute Gasteiger partial charge is 0.0988 e. The molecule has 0 aliphatic heterocycles. The summed E-state index contributed by atoms with van der Waals surface area (Å²) in [5.41, 5.74) is 0.530. The molecule has 0 amide bonds. The summed E-state index contributed by atoms with van der Waals surface area (Å²) in [5.74, 6) is -0.423. The van der Waals surface area contributed by atoms with Crippen LogP contribution >= 0.6 is 0 Å². The van der Waals surface area contributed by atoms with E-state index >= 15 is 0 Å². The van der Waals surface area contributed by atoms with E-state index in [1.54, 1.807) is 30.3 Å². The van der Waals surface area contributed by atoms with Crippen molar-refractivity contribution in [2.75, 3.05) is 20.1 Å². The van der Waals surface area contributed by atoms with Crippen LogP contribution < -0.4 is 0 Å². The van der Waals surface area contributed by atoms with Crippen molar-refractivity contribution in [3.8, 4) is 0 Å². The van der Waals surface area contributed by atoms with Crippen LogP contribution in [0.2, 0.25) is 0 Å². The van der Waals surface area contributed by atoms with Gasteiger partial charge in [0.15, 0.2) is 0 Å². The summed E-state index contributed by atoms with van der Waals surface area (Å²) in [7, 11) is -1.71. The van der Waals surface area contributed by atoms with E-state index in [1.807, 2.05) is 0 Å². The van der Waals surface area contributed by atoms with Gasteiger partial charge in [-0.05, 0) is 45.1 Å². The second-order valence-corrected chi connectivity index (χ2v) is 10.8. The highest BCUT2D eigenvalue weighted by molar-refractivity contribution is 7.84. The van der Waals surface area contributed by atoms with E-state index in [1.165, 1.54) is 75.4 Å².